The van der Waals surface area contributed by atoms with E-state index >= 15 is 0 Å². The van der Waals surface area contributed by atoms with Crippen LogP contribution in [0.3, 0.4) is 0 Å². The average Bonchev–Trinajstić information content (AvgIpc) is 2.94. The summed E-state index contributed by atoms with van der Waals surface area (Å²) in [6, 6.07) is 16.5. The van der Waals surface area contributed by atoms with Gasteiger partial charge in [-0.1, -0.05) is 30.7 Å². The standard InChI is InChI=1S/C19H20ClNO/c1-2-15-4-7-18(8-5-15)22-13-3-11-21-12-10-16-14-17(20)6-9-19(16)21/h4-10,12,14H,2-3,11,13H2,1H3. The first-order valence-electron chi connectivity index (χ1n) is 7.72. The van der Waals surface area contributed by atoms with E-state index in [0.717, 1.165) is 36.8 Å². The third kappa shape index (κ3) is 3.45. The van der Waals surface area contributed by atoms with Gasteiger partial charge in [0.05, 0.1) is 6.61 Å². The molecule has 0 amide bonds. The second kappa shape index (κ2) is 6.89. The molecule has 114 valence electrons. The van der Waals surface area contributed by atoms with Crippen LogP contribution in [-0.2, 0) is 13.0 Å². The Bertz CT molecular complexity index is 746. The molecule has 1 heterocycles. The largest absolute Gasteiger partial charge is 0.494 e. The van der Waals surface area contributed by atoms with Crippen LogP contribution >= 0.6 is 11.6 Å². The Morgan fingerprint density at radius 3 is 2.64 bits per heavy atom. The van der Waals surface area contributed by atoms with Crippen molar-refractivity contribution < 1.29 is 4.74 Å². The van der Waals surface area contributed by atoms with Gasteiger partial charge in [-0.25, -0.2) is 0 Å². The highest BCUT2D eigenvalue weighted by Crippen LogP contribution is 2.21. The van der Waals surface area contributed by atoms with Crippen LogP contribution in [0.25, 0.3) is 10.9 Å². The number of benzene rings is 2. The molecule has 22 heavy (non-hydrogen) atoms. The zero-order valence-corrected chi connectivity index (χ0v) is 13.5. The fraction of sp³-hybridized carbons (Fsp3) is 0.263. The summed E-state index contributed by atoms with van der Waals surface area (Å²) < 4.78 is 8.05. The average molecular weight is 314 g/mol. The highest BCUT2D eigenvalue weighted by Gasteiger charge is 2.02. The molecule has 0 N–H and O–H groups in total. The Balaban J connectivity index is 1.53. The third-order valence-corrected chi connectivity index (χ3v) is 4.11. The summed E-state index contributed by atoms with van der Waals surface area (Å²) in [7, 11) is 0. The van der Waals surface area contributed by atoms with Crippen molar-refractivity contribution in [2.75, 3.05) is 6.61 Å². The van der Waals surface area contributed by atoms with Gasteiger partial charge in [0.15, 0.2) is 0 Å². The Labute approximate surface area is 136 Å². The topological polar surface area (TPSA) is 14.2 Å². The number of fused-ring (bicyclic) bond motifs is 1. The molecule has 0 spiro atoms. The van der Waals surface area contributed by atoms with E-state index in [2.05, 4.69) is 42.0 Å². The highest BCUT2D eigenvalue weighted by atomic mass is 35.5. The van der Waals surface area contributed by atoms with E-state index in [4.69, 9.17) is 16.3 Å². The Morgan fingerprint density at radius 2 is 1.86 bits per heavy atom. The van der Waals surface area contributed by atoms with Crippen LogP contribution in [0.1, 0.15) is 18.9 Å². The summed E-state index contributed by atoms with van der Waals surface area (Å²) in [6.07, 6.45) is 4.14. The molecular formula is C19H20ClNO. The SMILES string of the molecule is CCc1ccc(OCCCn2ccc3cc(Cl)ccc32)cc1. The zero-order valence-electron chi connectivity index (χ0n) is 12.8. The highest BCUT2D eigenvalue weighted by molar-refractivity contribution is 6.31. The van der Waals surface area contributed by atoms with Crippen LogP contribution < -0.4 is 4.74 Å². The van der Waals surface area contributed by atoms with Crippen LogP contribution in [0.15, 0.2) is 54.7 Å². The number of nitrogens with zero attached hydrogens (tertiary/aromatic N) is 1. The molecule has 3 rings (SSSR count). The van der Waals surface area contributed by atoms with Gasteiger partial charge in [0.25, 0.3) is 0 Å². The third-order valence-electron chi connectivity index (χ3n) is 3.88. The molecule has 0 aliphatic carbocycles. The molecular weight excluding hydrogens is 294 g/mol. The molecule has 0 radical (unpaired) electrons. The second-order valence-corrected chi connectivity index (χ2v) is 5.85. The summed E-state index contributed by atoms with van der Waals surface area (Å²) >= 11 is 6.01. The first-order valence-corrected chi connectivity index (χ1v) is 8.10. The number of aromatic nitrogens is 1. The molecule has 0 unspecified atom stereocenters. The number of hydrogen-bond acceptors (Lipinski definition) is 1. The predicted octanol–water partition coefficient (Wildman–Crippen LogP) is 5.33. The molecule has 0 saturated heterocycles. The van der Waals surface area contributed by atoms with Gasteiger partial charge in [-0.15, -0.1) is 0 Å². The number of halogens is 1. The minimum Gasteiger partial charge on any atom is -0.494 e. The Hall–Kier alpha value is -1.93. The first kappa shape index (κ1) is 15.0. The molecule has 0 saturated carbocycles. The molecule has 3 aromatic rings. The quantitative estimate of drug-likeness (QED) is 0.561. The molecule has 1 aromatic heterocycles. The van der Waals surface area contributed by atoms with E-state index in [-0.39, 0.29) is 0 Å². The van der Waals surface area contributed by atoms with Crippen molar-refractivity contribution in [3.8, 4) is 5.75 Å². The van der Waals surface area contributed by atoms with E-state index in [9.17, 15) is 0 Å². The van der Waals surface area contributed by atoms with Crippen LogP contribution in [0, 0.1) is 0 Å². The van der Waals surface area contributed by atoms with Crippen molar-refractivity contribution in [1.82, 2.24) is 4.57 Å². The molecule has 0 bridgehead atoms. The molecule has 0 aliphatic rings. The van der Waals surface area contributed by atoms with Crippen LogP contribution in [0.4, 0.5) is 0 Å². The van der Waals surface area contributed by atoms with Gasteiger partial charge in [0, 0.05) is 28.7 Å². The van der Waals surface area contributed by atoms with Gasteiger partial charge in [0.2, 0.25) is 0 Å². The van der Waals surface area contributed by atoms with Gasteiger partial charge in [-0.05, 0) is 54.8 Å². The van der Waals surface area contributed by atoms with E-state index in [1.807, 2.05) is 24.3 Å². The molecule has 0 atom stereocenters. The van der Waals surface area contributed by atoms with Crippen molar-refractivity contribution in [2.24, 2.45) is 0 Å². The molecule has 0 aliphatic heterocycles. The summed E-state index contributed by atoms with van der Waals surface area (Å²) in [6.45, 7) is 3.82. The number of aryl methyl sites for hydroxylation is 2. The Morgan fingerprint density at radius 1 is 1.05 bits per heavy atom. The van der Waals surface area contributed by atoms with Crippen molar-refractivity contribution in [2.45, 2.75) is 26.3 Å². The smallest absolute Gasteiger partial charge is 0.119 e. The van der Waals surface area contributed by atoms with E-state index in [1.165, 1.54) is 16.5 Å². The first-order chi connectivity index (χ1) is 10.8. The number of rotatable bonds is 6. The number of hydrogen-bond donors (Lipinski definition) is 0. The summed E-state index contributed by atoms with van der Waals surface area (Å²) in [5, 5.41) is 1.97. The molecule has 2 aromatic carbocycles. The van der Waals surface area contributed by atoms with Gasteiger partial charge < -0.3 is 9.30 Å². The summed E-state index contributed by atoms with van der Waals surface area (Å²) in [5.74, 6) is 0.946. The number of ether oxygens (including phenoxy) is 1. The lowest BCUT2D eigenvalue weighted by Crippen LogP contribution is -2.03. The normalized spacial score (nSPS) is 11.0. The van der Waals surface area contributed by atoms with Crippen molar-refractivity contribution >= 4 is 22.5 Å². The van der Waals surface area contributed by atoms with Crippen molar-refractivity contribution in [3.63, 3.8) is 0 Å². The summed E-state index contributed by atoms with van der Waals surface area (Å²) in [5.41, 5.74) is 2.56. The van der Waals surface area contributed by atoms with Crippen LogP contribution in [0.5, 0.6) is 5.75 Å². The fourth-order valence-electron chi connectivity index (χ4n) is 2.61. The maximum absolute atomic E-state index is 6.01. The van der Waals surface area contributed by atoms with Gasteiger partial charge in [-0.3, -0.25) is 0 Å². The maximum atomic E-state index is 6.01. The lowest BCUT2D eigenvalue weighted by Gasteiger charge is -2.08. The lowest BCUT2D eigenvalue weighted by molar-refractivity contribution is 0.302. The van der Waals surface area contributed by atoms with Gasteiger partial charge >= 0.3 is 0 Å². The molecule has 3 heteroatoms. The maximum Gasteiger partial charge on any atom is 0.119 e. The fourth-order valence-corrected chi connectivity index (χ4v) is 2.79. The monoisotopic (exact) mass is 313 g/mol. The zero-order chi connectivity index (χ0) is 15.4. The van der Waals surface area contributed by atoms with Crippen LogP contribution in [0.2, 0.25) is 5.02 Å². The predicted molar refractivity (Wildman–Crippen MR) is 92.9 cm³/mol. The van der Waals surface area contributed by atoms with Crippen LogP contribution in [-0.4, -0.2) is 11.2 Å². The second-order valence-electron chi connectivity index (χ2n) is 5.41. The van der Waals surface area contributed by atoms with Gasteiger partial charge in [0.1, 0.15) is 5.75 Å². The van der Waals surface area contributed by atoms with Gasteiger partial charge in [-0.2, -0.15) is 0 Å². The van der Waals surface area contributed by atoms with Crippen molar-refractivity contribution in [1.29, 1.82) is 0 Å². The lowest BCUT2D eigenvalue weighted by atomic mass is 10.2. The minimum absolute atomic E-state index is 0.721. The van der Waals surface area contributed by atoms with E-state index in [1.54, 1.807) is 0 Å². The van der Waals surface area contributed by atoms with Crippen molar-refractivity contribution in [3.05, 3.63) is 65.3 Å². The molecule has 2 nitrogen and oxygen atoms in total. The van der Waals surface area contributed by atoms with E-state index in [0.29, 0.717) is 0 Å². The summed E-state index contributed by atoms with van der Waals surface area (Å²) in [4.78, 5) is 0. The van der Waals surface area contributed by atoms with E-state index < -0.39 is 0 Å². The Kier molecular flexibility index (Phi) is 4.69. The minimum atomic E-state index is 0.721. The molecule has 0 fully saturated rings.